The molecule has 0 aliphatic heterocycles. The van der Waals surface area contributed by atoms with E-state index in [2.05, 4.69) is 43.6 Å². The van der Waals surface area contributed by atoms with Crippen molar-refractivity contribution in [1.29, 1.82) is 0 Å². The molecule has 0 bridgehead atoms. The van der Waals surface area contributed by atoms with Crippen LogP contribution in [0.3, 0.4) is 0 Å². The molecule has 30 heavy (non-hydrogen) atoms. The van der Waals surface area contributed by atoms with Crippen LogP contribution in [-0.4, -0.2) is 21.3 Å². The maximum atomic E-state index is 8.88. The Morgan fingerprint density at radius 2 is 1.03 bits per heavy atom. The minimum atomic E-state index is -4.64. The van der Waals surface area contributed by atoms with Crippen LogP contribution in [0.2, 0.25) is 0 Å². The van der Waals surface area contributed by atoms with Crippen molar-refractivity contribution in [3.63, 3.8) is 0 Å². The standard InChI is InChI=1S/C18H36O7.H3O4P/c1-3-5-6-7-8-9-10-11-12-13-14-15-16-17-18-20-22-24-25-23-21-19-4-2;1-5(2,3)4/h4H,2-3,5-18H2,1H3;(H3,1,2,3,4). The average Bonchev–Trinajstić information content (AvgIpc) is 2.68. The van der Waals surface area contributed by atoms with Gasteiger partial charge in [0.05, 0.1) is 6.61 Å². The van der Waals surface area contributed by atoms with Crippen LogP contribution in [-0.2, 0) is 39.5 Å². The van der Waals surface area contributed by atoms with Gasteiger partial charge in [-0.05, 0) is 16.5 Å². The lowest BCUT2D eigenvalue weighted by molar-refractivity contribution is -0.786. The van der Waals surface area contributed by atoms with Crippen LogP contribution in [0, 0.1) is 0 Å². The molecule has 0 saturated heterocycles. The largest absolute Gasteiger partial charge is 0.466 e. The van der Waals surface area contributed by atoms with Crippen molar-refractivity contribution in [2.75, 3.05) is 6.61 Å². The fraction of sp³-hybridized carbons (Fsp3) is 0.889. The number of rotatable bonds is 22. The number of phosphoric acid groups is 1. The van der Waals surface area contributed by atoms with E-state index >= 15 is 0 Å². The molecule has 12 heteroatoms. The minimum absolute atomic E-state index is 0.422. The predicted molar refractivity (Wildman–Crippen MR) is 107 cm³/mol. The van der Waals surface area contributed by atoms with Gasteiger partial charge in [0, 0.05) is 15.1 Å². The molecule has 0 heterocycles. The van der Waals surface area contributed by atoms with Gasteiger partial charge in [0.1, 0.15) is 6.26 Å². The van der Waals surface area contributed by atoms with E-state index in [0.717, 1.165) is 19.1 Å². The van der Waals surface area contributed by atoms with Gasteiger partial charge >= 0.3 is 7.82 Å². The molecule has 0 fully saturated rings. The Morgan fingerprint density at radius 1 is 0.667 bits per heavy atom. The zero-order valence-electron chi connectivity index (χ0n) is 17.9. The maximum absolute atomic E-state index is 8.88. The third-order valence-corrected chi connectivity index (χ3v) is 3.85. The molecular formula is C18H39O11P. The summed E-state index contributed by atoms with van der Waals surface area (Å²) in [4.78, 5) is 30.4. The van der Waals surface area contributed by atoms with Gasteiger partial charge < -0.3 is 19.6 Å². The van der Waals surface area contributed by atoms with E-state index in [4.69, 9.17) is 24.1 Å². The Balaban J connectivity index is 0. The molecule has 0 aromatic rings. The summed E-state index contributed by atoms with van der Waals surface area (Å²) < 4.78 is 8.88. The number of unbranched alkanes of at least 4 members (excludes halogenated alkanes) is 13. The van der Waals surface area contributed by atoms with Crippen molar-refractivity contribution in [3.05, 3.63) is 12.8 Å². The van der Waals surface area contributed by atoms with E-state index in [9.17, 15) is 0 Å². The fourth-order valence-electron chi connectivity index (χ4n) is 2.49. The summed E-state index contributed by atoms with van der Waals surface area (Å²) in [5.74, 6) is 0. The fourth-order valence-corrected chi connectivity index (χ4v) is 2.49. The Hall–Kier alpha value is -0.590. The first-order chi connectivity index (χ1) is 14.4. The molecule has 0 aromatic carbocycles. The van der Waals surface area contributed by atoms with Crippen LogP contribution in [0.15, 0.2) is 12.8 Å². The van der Waals surface area contributed by atoms with Crippen LogP contribution >= 0.6 is 7.82 Å². The lowest BCUT2D eigenvalue weighted by Gasteiger charge is -2.03. The lowest BCUT2D eigenvalue weighted by atomic mass is 10.0. The van der Waals surface area contributed by atoms with Crippen LogP contribution in [0.4, 0.5) is 0 Å². The highest BCUT2D eigenvalue weighted by molar-refractivity contribution is 7.45. The van der Waals surface area contributed by atoms with Crippen LogP contribution in [0.5, 0.6) is 0 Å². The lowest BCUT2D eigenvalue weighted by Crippen LogP contribution is -2.01. The molecule has 0 radical (unpaired) electrons. The molecule has 0 unspecified atom stereocenters. The molecule has 0 saturated carbocycles. The highest BCUT2D eigenvalue weighted by atomic mass is 31.2. The van der Waals surface area contributed by atoms with E-state index in [0.29, 0.717) is 6.61 Å². The first-order valence-corrected chi connectivity index (χ1v) is 12.0. The predicted octanol–water partition coefficient (Wildman–Crippen LogP) is 5.29. The SMILES string of the molecule is C=COOOOOOOCCCCCCCCCCCCCCCC.O=P(O)(O)O. The van der Waals surface area contributed by atoms with E-state index in [1.54, 1.807) is 0 Å². The van der Waals surface area contributed by atoms with Gasteiger partial charge in [0.2, 0.25) is 0 Å². The Bertz CT molecular complexity index is 371. The molecule has 0 amide bonds. The van der Waals surface area contributed by atoms with Gasteiger partial charge in [-0.2, -0.15) is 0 Å². The van der Waals surface area contributed by atoms with Gasteiger partial charge in [-0.3, -0.25) is 0 Å². The zero-order chi connectivity index (χ0) is 22.8. The first-order valence-electron chi connectivity index (χ1n) is 10.4. The van der Waals surface area contributed by atoms with Gasteiger partial charge in [-0.15, -0.1) is 0 Å². The first kappa shape index (κ1) is 31.6. The van der Waals surface area contributed by atoms with E-state index in [1.165, 1.54) is 77.0 Å². The van der Waals surface area contributed by atoms with Gasteiger partial charge in [-0.1, -0.05) is 97.0 Å². The molecular weight excluding hydrogens is 423 g/mol. The summed E-state index contributed by atoms with van der Waals surface area (Å²) in [6.07, 6.45) is 19.3. The molecule has 0 atom stereocenters. The van der Waals surface area contributed by atoms with Crippen molar-refractivity contribution in [3.8, 4) is 0 Å². The summed E-state index contributed by atoms with van der Waals surface area (Å²) >= 11 is 0. The van der Waals surface area contributed by atoms with Crippen molar-refractivity contribution in [2.45, 2.75) is 96.8 Å². The Labute approximate surface area is 179 Å². The second kappa shape index (κ2) is 26.4. The van der Waals surface area contributed by atoms with Crippen molar-refractivity contribution in [1.82, 2.24) is 0 Å². The molecule has 11 nitrogen and oxygen atoms in total. The molecule has 0 rings (SSSR count). The molecule has 0 spiro atoms. The number of hydrogen-bond donors (Lipinski definition) is 3. The second-order valence-electron chi connectivity index (χ2n) is 6.53. The third kappa shape index (κ3) is 41.7. The van der Waals surface area contributed by atoms with Crippen LogP contribution in [0.1, 0.15) is 96.8 Å². The summed E-state index contributed by atoms with van der Waals surface area (Å²) in [5, 5.41) is 19.9. The highest BCUT2D eigenvalue weighted by Crippen LogP contribution is 2.25. The summed E-state index contributed by atoms with van der Waals surface area (Å²) in [6.45, 7) is 5.89. The normalized spacial score (nSPS) is 11.1. The molecule has 0 aliphatic rings. The van der Waals surface area contributed by atoms with Crippen molar-refractivity contribution >= 4 is 7.82 Å². The van der Waals surface area contributed by atoms with Crippen LogP contribution in [0.25, 0.3) is 0 Å². The molecule has 3 N–H and O–H groups in total. The molecule has 182 valence electrons. The minimum Gasteiger partial charge on any atom is -0.315 e. The second-order valence-corrected chi connectivity index (χ2v) is 7.56. The van der Waals surface area contributed by atoms with Gasteiger partial charge in [0.15, 0.2) is 0 Å². The smallest absolute Gasteiger partial charge is 0.315 e. The summed E-state index contributed by atoms with van der Waals surface area (Å²) in [7, 11) is -4.64. The van der Waals surface area contributed by atoms with E-state index < -0.39 is 7.82 Å². The van der Waals surface area contributed by atoms with Crippen molar-refractivity contribution < 1.29 is 54.2 Å². The van der Waals surface area contributed by atoms with E-state index in [-0.39, 0.29) is 0 Å². The topological polar surface area (TPSA) is 142 Å². The Kier molecular flexibility index (Phi) is 27.9. The monoisotopic (exact) mass is 462 g/mol. The van der Waals surface area contributed by atoms with Crippen LogP contribution < -0.4 is 0 Å². The molecule has 0 aromatic heterocycles. The summed E-state index contributed by atoms with van der Waals surface area (Å²) in [5.41, 5.74) is 0. The maximum Gasteiger partial charge on any atom is 0.466 e. The highest BCUT2D eigenvalue weighted by Gasteiger charge is 2.00. The van der Waals surface area contributed by atoms with Gasteiger partial charge in [-0.25, -0.2) is 9.45 Å². The van der Waals surface area contributed by atoms with E-state index in [1.807, 2.05) is 0 Å². The molecule has 0 aliphatic carbocycles. The van der Waals surface area contributed by atoms with Gasteiger partial charge in [0.25, 0.3) is 0 Å². The summed E-state index contributed by atoms with van der Waals surface area (Å²) in [6, 6.07) is 0. The quantitative estimate of drug-likeness (QED) is 0.0635. The number of hydrogen-bond acceptors (Lipinski definition) is 8. The Morgan fingerprint density at radius 3 is 1.47 bits per heavy atom. The van der Waals surface area contributed by atoms with Crippen molar-refractivity contribution in [2.24, 2.45) is 0 Å². The zero-order valence-corrected chi connectivity index (χ0v) is 18.8. The average molecular weight is 462 g/mol. The third-order valence-electron chi connectivity index (χ3n) is 3.85.